The number of methoxy groups -OCH3 is 1. The number of piperazine rings is 1. The molecule has 0 spiro atoms. The van der Waals surface area contributed by atoms with Gasteiger partial charge in [-0.3, -0.25) is 4.57 Å². The molecule has 0 unspecified atom stereocenters. The smallest absolute Gasteiger partial charge is 0.322 e. The molecular weight excluding hydrogens is 370 g/mol. The molecule has 0 bridgehead atoms. The van der Waals surface area contributed by atoms with Gasteiger partial charge in [-0.05, 0) is 24.6 Å². The van der Waals surface area contributed by atoms with Crippen molar-refractivity contribution in [3.8, 4) is 11.6 Å². The highest BCUT2D eigenvalue weighted by molar-refractivity contribution is 5.91. The van der Waals surface area contributed by atoms with Gasteiger partial charge in [0.2, 0.25) is 0 Å². The highest BCUT2D eigenvalue weighted by Gasteiger charge is 2.23. The van der Waals surface area contributed by atoms with Crippen LogP contribution in [0, 0.1) is 6.92 Å². The third-order valence-corrected chi connectivity index (χ3v) is 4.89. The van der Waals surface area contributed by atoms with Gasteiger partial charge in [0.1, 0.15) is 30.0 Å². The first-order chi connectivity index (χ1) is 14.1. The number of imidazole rings is 1. The highest BCUT2D eigenvalue weighted by Crippen LogP contribution is 2.26. The van der Waals surface area contributed by atoms with Crippen molar-refractivity contribution in [3.63, 3.8) is 0 Å². The molecule has 1 fully saturated rings. The molecule has 4 rings (SSSR count). The molecule has 2 aromatic heterocycles. The van der Waals surface area contributed by atoms with E-state index in [1.165, 1.54) is 0 Å². The molecule has 3 heterocycles. The minimum Gasteiger partial charge on any atom is -0.495 e. The quantitative estimate of drug-likeness (QED) is 0.732. The van der Waals surface area contributed by atoms with Crippen LogP contribution in [0.2, 0.25) is 0 Å². The summed E-state index contributed by atoms with van der Waals surface area (Å²) in [5, 5.41) is 2.96. The van der Waals surface area contributed by atoms with Gasteiger partial charge in [-0.15, -0.1) is 0 Å². The Hall–Kier alpha value is -3.62. The number of ether oxygens (including phenoxy) is 1. The summed E-state index contributed by atoms with van der Waals surface area (Å²) >= 11 is 0. The minimum atomic E-state index is -0.129. The number of nitrogens with zero attached hydrogens (tertiary/aromatic N) is 6. The van der Waals surface area contributed by atoms with Crippen LogP contribution in [0.25, 0.3) is 5.82 Å². The number of carbonyl (C=O) groups is 1. The van der Waals surface area contributed by atoms with Gasteiger partial charge in [0.05, 0.1) is 12.8 Å². The van der Waals surface area contributed by atoms with Gasteiger partial charge in [0.15, 0.2) is 0 Å². The molecule has 1 N–H and O–H groups in total. The summed E-state index contributed by atoms with van der Waals surface area (Å²) in [6, 6.07) is 7.51. The molecule has 1 saturated heterocycles. The van der Waals surface area contributed by atoms with E-state index < -0.39 is 0 Å². The van der Waals surface area contributed by atoms with Crippen molar-refractivity contribution >= 4 is 17.5 Å². The molecule has 1 aliphatic heterocycles. The third kappa shape index (κ3) is 4.13. The Bertz CT molecular complexity index is 982. The van der Waals surface area contributed by atoms with Crippen LogP contribution in [-0.2, 0) is 0 Å². The lowest BCUT2D eigenvalue weighted by Crippen LogP contribution is -2.50. The van der Waals surface area contributed by atoms with Crippen LogP contribution in [0.4, 0.5) is 16.3 Å². The van der Waals surface area contributed by atoms with Gasteiger partial charge in [0.25, 0.3) is 0 Å². The average molecular weight is 393 g/mol. The number of benzene rings is 1. The van der Waals surface area contributed by atoms with Gasteiger partial charge in [-0.25, -0.2) is 19.7 Å². The number of aryl methyl sites for hydroxylation is 1. The predicted molar refractivity (Wildman–Crippen MR) is 110 cm³/mol. The number of hydrogen-bond donors (Lipinski definition) is 1. The Balaban J connectivity index is 1.39. The van der Waals surface area contributed by atoms with Crippen LogP contribution in [0.15, 0.2) is 49.3 Å². The van der Waals surface area contributed by atoms with Crippen molar-refractivity contribution < 1.29 is 9.53 Å². The van der Waals surface area contributed by atoms with E-state index >= 15 is 0 Å². The fourth-order valence-corrected chi connectivity index (χ4v) is 3.30. The number of aromatic nitrogens is 4. The maximum atomic E-state index is 12.7. The van der Waals surface area contributed by atoms with E-state index in [2.05, 4.69) is 25.2 Å². The minimum absolute atomic E-state index is 0.129. The van der Waals surface area contributed by atoms with Gasteiger partial charge in [-0.1, -0.05) is 6.07 Å². The molecule has 0 saturated carbocycles. The standard InChI is InChI=1S/C20H23N7O2/c1-15-3-4-17(29-2)16(11-15)24-20(28)26-9-7-25(8-10-26)18-12-19(23-13-22-18)27-6-5-21-14-27/h3-6,11-14H,7-10H2,1-2H3,(H,24,28). The molecule has 1 aromatic carbocycles. The SMILES string of the molecule is COc1ccc(C)cc1NC(=O)N1CCN(c2cc(-n3ccnc3)ncn2)CC1. The molecular formula is C20H23N7O2. The monoisotopic (exact) mass is 393 g/mol. The molecule has 9 nitrogen and oxygen atoms in total. The second-order valence-electron chi connectivity index (χ2n) is 6.81. The zero-order chi connectivity index (χ0) is 20.2. The summed E-state index contributed by atoms with van der Waals surface area (Å²) in [6.45, 7) is 4.57. The van der Waals surface area contributed by atoms with E-state index in [-0.39, 0.29) is 6.03 Å². The lowest BCUT2D eigenvalue weighted by atomic mass is 10.2. The van der Waals surface area contributed by atoms with Crippen molar-refractivity contribution in [1.29, 1.82) is 0 Å². The molecule has 29 heavy (non-hydrogen) atoms. The summed E-state index contributed by atoms with van der Waals surface area (Å²) < 4.78 is 7.18. The van der Waals surface area contributed by atoms with Crippen molar-refractivity contribution in [1.82, 2.24) is 24.4 Å². The third-order valence-electron chi connectivity index (χ3n) is 4.89. The van der Waals surface area contributed by atoms with E-state index in [4.69, 9.17) is 4.74 Å². The summed E-state index contributed by atoms with van der Waals surface area (Å²) in [7, 11) is 1.60. The maximum absolute atomic E-state index is 12.7. The largest absolute Gasteiger partial charge is 0.495 e. The van der Waals surface area contributed by atoms with E-state index in [0.29, 0.717) is 37.6 Å². The lowest BCUT2D eigenvalue weighted by molar-refractivity contribution is 0.208. The number of anilines is 2. The second kappa shape index (κ2) is 8.17. The molecule has 150 valence electrons. The second-order valence-corrected chi connectivity index (χ2v) is 6.81. The fraction of sp³-hybridized carbons (Fsp3) is 0.300. The van der Waals surface area contributed by atoms with E-state index in [1.54, 1.807) is 30.9 Å². The Kier molecular flexibility index (Phi) is 5.28. The van der Waals surface area contributed by atoms with Gasteiger partial charge < -0.3 is 19.9 Å². The summed E-state index contributed by atoms with van der Waals surface area (Å²) in [4.78, 5) is 29.4. The number of nitrogens with one attached hydrogen (secondary N) is 1. The first-order valence-electron chi connectivity index (χ1n) is 9.40. The van der Waals surface area contributed by atoms with Crippen LogP contribution in [0.5, 0.6) is 5.75 Å². The van der Waals surface area contributed by atoms with Gasteiger partial charge >= 0.3 is 6.03 Å². The van der Waals surface area contributed by atoms with E-state index in [0.717, 1.165) is 17.2 Å². The summed E-state index contributed by atoms with van der Waals surface area (Å²) in [5.41, 5.74) is 1.74. The zero-order valence-corrected chi connectivity index (χ0v) is 16.4. The Labute approximate surface area is 169 Å². The highest BCUT2D eigenvalue weighted by atomic mass is 16.5. The molecule has 9 heteroatoms. The van der Waals surface area contributed by atoms with E-state index in [9.17, 15) is 4.79 Å². The number of amides is 2. The number of urea groups is 1. The van der Waals surface area contributed by atoms with Crippen molar-refractivity contribution in [3.05, 3.63) is 54.9 Å². The molecule has 0 radical (unpaired) electrons. The van der Waals surface area contributed by atoms with E-state index in [1.807, 2.05) is 42.0 Å². The number of carbonyl (C=O) groups excluding carboxylic acids is 1. The molecule has 2 amide bonds. The molecule has 1 aliphatic rings. The Morgan fingerprint density at radius 1 is 1.10 bits per heavy atom. The lowest BCUT2D eigenvalue weighted by Gasteiger charge is -2.35. The molecule has 0 aliphatic carbocycles. The van der Waals surface area contributed by atoms with Gasteiger partial charge in [0, 0.05) is 44.6 Å². The summed E-state index contributed by atoms with van der Waals surface area (Å²) in [6.07, 6.45) is 6.80. The Morgan fingerprint density at radius 3 is 2.62 bits per heavy atom. The fourth-order valence-electron chi connectivity index (χ4n) is 3.30. The van der Waals surface area contributed by atoms with Crippen LogP contribution in [0.1, 0.15) is 5.56 Å². The molecule has 0 atom stereocenters. The summed E-state index contributed by atoms with van der Waals surface area (Å²) in [5.74, 6) is 2.25. The van der Waals surface area contributed by atoms with Crippen LogP contribution < -0.4 is 15.0 Å². The van der Waals surface area contributed by atoms with Crippen LogP contribution in [0.3, 0.4) is 0 Å². The Morgan fingerprint density at radius 2 is 1.90 bits per heavy atom. The van der Waals surface area contributed by atoms with Crippen LogP contribution >= 0.6 is 0 Å². The first kappa shape index (κ1) is 18.7. The van der Waals surface area contributed by atoms with Crippen LogP contribution in [-0.4, -0.2) is 63.7 Å². The maximum Gasteiger partial charge on any atom is 0.322 e. The average Bonchev–Trinajstić information content (AvgIpc) is 3.29. The van der Waals surface area contributed by atoms with Crippen molar-refractivity contribution in [2.45, 2.75) is 6.92 Å². The van der Waals surface area contributed by atoms with Crippen molar-refractivity contribution in [2.24, 2.45) is 0 Å². The van der Waals surface area contributed by atoms with Gasteiger partial charge in [-0.2, -0.15) is 0 Å². The zero-order valence-electron chi connectivity index (χ0n) is 16.4. The predicted octanol–water partition coefficient (Wildman–Crippen LogP) is 2.33. The normalized spacial score (nSPS) is 14.0. The van der Waals surface area contributed by atoms with Crippen molar-refractivity contribution in [2.75, 3.05) is 43.5 Å². The number of hydrogen-bond acceptors (Lipinski definition) is 6. The molecule has 3 aromatic rings. The number of rotatable bonds is 4. The first-order valence-corrected chi connectivity index (χ1v) is 9.40. The topological polar surface area (TPSA) is 88.4 Å².